The third kappa shape index (κ3) is 5.61. The molecule has 0 aliphatic carbocycles. The summed E-state index contributed by atoms with van der Waals surface area (Å²) >= 11 is 0. The molecule has 2 heteroatoms. The van der Waals surface area contributed by atoms with E-state index in [-0.39, 0.29) is 6.10 Å². The molecule has 1 atom stereocenters. The molecule has 0 aliphatic heterocycles. The van der Waals surface area contributed by atoms with Crippen molar-refractivity contribution in [1.82, 2.24) is 5.32 Å². The van der Waals surface area contributed by atoms with Crippen molar-refractivity contribution in [3.8, 4) is 12.3 Å². The predicted octanol–water partition coefficient (Wildman–Crippen LogP) is 0.370. The first kappa shape index (κ1) is 9.48. The molecule has 0 saturated carbocycles. The monoisotopic (exact) mass is 141 g/mol. The van der Waals surface area contributed by atoms with Crippen molar-refractivity contribution in [1.29, 1.82) is 0 Å². The fraction of sp³-hybridized carbons (Fsp3) is 0.750. The van der Waals surface area contributed by atoms with Crippen molar-refractivity contribution >= 4 is 0 Å². The fourth-order valence-electron chi connectivity index (χ4n) is 0.663. The normalized spacial score (nSPS) is 12.5. The highest BCUT2D eigenvalue weighted by Gasteiger charge is 1.99. The van der Waals surface area contributed by atoms with Crippen LogP contribution in [0.5, 0.6) is 0 Å². The number of rotatable bonds is 5. The van der Waals surface area contributed by atoms with E-state index in [0.717, 1.165) is 6.54 Å². The van der Waals surface area contributed by atoms with Gasteiger partial charge < -0.3 is 10.4 Å². The second-order valence-electron chi connectivity index (χ2n) is 2.20. The largest absolute Gasteiger partial charge is 0.392 e. The van der Waals surface area contributed by atoms with E-state index in [1.807, 2.05) is 6.92 Å². The van der Waals surface area contributed by atoms with Gasteiger partial charge in [-0.15, -0.1) is 12.3 Å². The van der Waals surface area contributed by atoms with Crippen molar-refractivity contribution < 1.29 is 5.11 Å². The molecule has 0 aromatic heterocycles. The first-order valence-corrected chi connectivity index (χ1v) is 3.63. The molecule has 10 heavy (non-hydrogen) atoms. The lowest BCUT2D eigenvalue weighted by molar-refractivity contribution is 0.164. The number of hydrogen-bond acceptors (Lipinski definition) is 2. The first-order chi connectivity index (χ1) is 4.81. The zero-order valence-electron chi connectivity index (χ0n) is 6.43. The molecule has 0 fully saturated rings. The van der Waals surface area contributed by atoms with Gasteiger partial charge >= 0.3 is 0 Å². The summed E-state index contributed by atoms with van der Waals surface area (Å²) in [5, 5.41) is 12.2. The molecule has 0 radical (unpaired) electrons. The molecular formula is C8H15NO. The minimum atomic E-state index is -0.281. The van der Waals surface area contributed by atoms with Gasteiger partial charge in [0.2, 0.25) is 0 Å². The van der Waals surface area contributed by atoms with E-state index in [2.05, 4.69) is 11.2 Å². The lowest BCUT2D eigenvalue weighted by Gasteiger charge is -2.07. The van der Waals surface area contributed by atoms with E-state index in [9.17, 15) is 0 Å². The van der Waals surface area contributed by atoms with Crippen molar-refractivity contribution in [3.63, 3.8) is 0 Å². The quantitative estimate of drug-likeness (QED) is 0.542. The Kier molecular flexibility index (Phi) is 6.25. The number of hydrogen-bond donors (Lipinski definition) is 2. The van der Waals surface area contributed by atoms with Gasteiger partial charge in [-0.2, -0.15) is 0 Å². The van der Waals surface area contributed by atoms with Gasteiger partial charge in [-0.1, -0.05) is 6.92 Å². The SMILES string of the molecule is C#CCCC(O)CNCC. The number of terminal acetylenes is 1. The summed E-state index contributed by atoms with van der Waals surface area (Å²) in [6.07, 6.45) is 6.10. The van der Waals surface area contributed by atoms with E-state index in [1.54, 1.807) is 0 Å². The lowest BCUT2D eigenvalue weighted by Crippen LogP contribution is -2.26. The number of likely N-dealkylation sites (N-methyl/N-ethyl adjacent to an activating group) is 1. The summed E-state index contributed by atoms with van der Waals surface area (Å²) in [5.41, 5.74) is 0. The summed E-state index contributed by atoms with van der Waals surface area (Å²) in [6.45, 7) is 3.55. The van der Waals surface area contributed by atoms with Crippen LogP contribution in [-0.2, 0) is 0 Å². The first-order valence-electron chi connectivity index (χ1n) is 3.63. The molecule has 0 heterocycles. The Morgan fingerprint density at radius 2 is 2.40 bits per heavy atom. The smallest absolute Gasteiger partial charge is 0.0673 e. The Morgan fingerprint density at radius 3 is 2.90 bits per heavy atom. The van der Waals surface area contributed by atoms with E-state index in [0.29, 0.717) is 19.4 Å². The van der Waals surface area contributed by atoms with E-state index < -0.39 is 0 Å². The molecule has 2 nitrogen and oxygen atoms in total. The van der Waals surface area contributed by atoms with E-state index >= 15 is 0 Å². The third-order valence-electron chi connectivity index (χ3n) is 1.25. The van der Waals surface area contributed by atoms with Crippen LogP contribution in [-0.4, -0.2) is 24.3 Å². The average Bonchev–Trinajstić information content (AvgIpc) is 1.97. The van der Waals surface area contributed by atoms with Crippen LogP contribution in [0.1, 0.15) is 19.8 Å². The summed E-state index contributed by atoms with van der Waals surface area (Å²) < 4.78 is 0. The topological polar surface area (TPSA) is 32.3 Å². The third-order valence-corrected chi connectivity index (χ3v) is 1.25. The molecular weight excluding hydrogens is 126 g/mol. The Bertz CT molecular complexity index is 106. The zero-order valence-corrected chi connectivity index (χ0v) is 6.43. The number of aliphatic hydroxyl groups is 1. The van der Waals surface area contributed by atoms with Crippen molar-refractivity contribution in [2.45, 2.75) is 25.9 Å². The predicted molar refractivity (Wildman–Crippen MR) is 42.6 cm³/mol. The average molecular weight is 141 g/mol. The minimum Gasteiger partial charge on any atom is -0.392 e. The van der Waals surface area contributed by atoms with Gasteiger partial charge in [-0.25, -0.2) is 0 Å². The molecule has 0 amide bonds. The molecule has 0 aromatic carbocycles. The van der Waals surface area contributed by atoms with Crippen LogP contribution in [0.2, 0.25) is 0 Å². The van der Waals surface area contributed by atoms with Crippen LogP contribution in [0.3, 0.4) is 0 Å². The highest BCUT2D eigenvalue weighted by molar-refractivity contribution is 4.84. The second kappa shape index (κ2) is 6.60. The van der Waals surface area contributed by atoms with Crippen LogP contribution in [0.4, 0.5) is 0 Å². The summed E-state index contributed by atoms with van der Waals surface area (Å²) in [5.74, 6) is 2.49. The highest BCUT2D eigenvalue weighted by Crippen LogP contribution is 1.93. The van der Waals surface area contributed by atoms with Gasteiger partial charge in [0.25, 0.3) is 0 Å². The zero-order chi connectivity index (χ0) is 7.82. The Morgan fingerprint density at radius 1 is 1.70 bits per heavy atom. The maximum Gasteiger partial charge on any atom is 0.0673 e. The summed E-state index contributed by atoms with van der Waals surface area (Å²) in [4.78, 5) is 0. The Hall–Kier alpha value is -0.520. The van der Waals surface area contributed by atoms with Crippen LogP contribution < -0.4 is 5.32 Å². The van der Waals surface area contributed by atoms with Crippen molar-refractivity contribution in [2.24, 2.45) is 0 Å². The second-order valence-corrected chi connectivity index (χ2v) is 2.20. The molecule has 0 rings (SSSR count). The van der Waals surface area contributed by atoms with Gasteiger partial charge in [0.05, 0.1) is 6.10 Å². The van der Waals surface area contributed by atoms with Gasteiger partial charge in [-0.05, 0) is 13.0 Å². The Balaban J connectivity index is 3.10. The Labute approximate surface area is 62.6 Å². The number of nitrogens with one attached hydrogen (secondary N) is 1. The van der Waals surface area contributed by atoms with Gasteiger partial charge in [-0.3, -0.25) is 0 Å². The maximum atomic E-state index is 9.15. The molecule has 0 saturated heterocycles. The van der Waals surface area contributed by atoms with Crippen LogP contribution in [0.25, 0.3) is 0 Å². The minimum absolute atomic E-state index is 0.281. The van der Waals surface area contributed by atoms with Gasteiger partial charge in [0.15, 0.2) is 0 Å². The molecule has 0 aromatic rings. The standard InChI is InChI=1S/C8H15NO/c1-3-5-6-8(10)7-9-4-2/h1,8-10H,4-7H2,2H3. The van der Waals surface area contributed by atoms with Crippen molar-refractivity contribution in [2.75, 3.05) is 13.1 Å². The van der Waals surface area contributed by atoms with Crippen LogP contribution in [0.15, 0.2) is 0 Å². The molecule has 0 spiro atoms. The summed E-state index contributed by atoms with van der Waals surface area (Å²) in [6, 6.07) is 0. The molecule has 58 valence electrons. The van der Waals surface area contributed by atoms with Gasteiger partial charge in [0, 0.05) is 13.0 Å². The van der Waals surface area contributed by atoms with Crippen molar-refractivity contribution in [3.05, 3.63) is 0 Å². The lowest BCUT2D eigenvalue weighted by atomic mass is 10.2. The molecule has 1 unspecified atom stereocenters. The fourth-order valence-corrected chi connectivity index (χ4v) is 0.663. The van der Waals surface area contributed by atoms with Crippen LogP contribution >= 0.6 is 0 Å². The highest BCUT2D eigenvalue weighted by atomic mass is 16.3. The maximum absolute atomic E-state index is 9.15. The summed E-state index contributed by atoms with van der Waals surface area (Å²) in [7, 11) is 0. The van der Waals surface area contributed by atoms with Gasteiger partial charge in [0.1, 0.15) is 0 Å². The molecule has 0 bridgehead atoms. The van der Waals surface area contributed by atoms with E-state index in [1.165, 1.54) is 0 Å². The molecule has 2 N–H and O–H groups in total. The van der Waals surface area contributed by atoms with Crippen LogP contribution in [0, 0.1) is 12.3 Å². The molecule has 0 aliphatic rings. The number of aliphatic hydroxyl groups excluding tert-OH is 1. The van der Waals surface area contributed by atoms with E-state index in [4.69, 9.17) is 11.5 Å².